The van der Waals surface area contributed by atoms with Crippen molar-refractivity contribution in [1.29, 1.82) is 5.26 Å². The minimum absolute atomic E-state index is 0.00577. The molecule has 0 aliphatic carbocycles. The van der Waals surface area contributed by atoms with Crippen LogP contribution in [-0.4, -0.2) is 61.5 Å². The van der Waals surface area contributed by atoms with E-state index in [4.69, 9.17) is 4.74 Å². The summed E-state index contributed by atoms with van der Waals surface area (Å²) in [6.45, 7) is -0.370. The lowest BCUT2D eigenvalue weighted by molar-refractivity contribution is -0.445. The number of nitrogens with zero attached hydrogens (tertiary/aromatic N) is 3. The summed E-state index contributed by atoms with van der Waals surface area (Å²) in [5.41, 5.74) is -2.60. The first-order chi connectivity index (χ1) is 10.4. The molecule has 0 aromatic heterocycles. The van der Waals surface area contributed by atoms with E-state index >= 15 is 0 Å². The predicted octanol–water partition coefficient (Wildman–Crippen LogP) is 1.75. The fraction of sp³-hybridized carbons (Fsp3) is 0.917. The molecule has 0 radical (unpaired) electrons. The van der Waals surface area contributed by atoms with E-state index in [1.54, 1.807) is 5.01 Å². The number of hydrogen-bond acceptors (Lipinski definition) is 6. The third-order valence-electron chi connectivity index (χ3n) is 3.60. The normalized spacial score (nSPS) is 31.9. The molecule has 126 valence electrons. The molecule has 0 bridgehead atoms. The van der Waals surface area contributed by atoms with E-state index in [9.17, 15) is 22.8 Å². The highest BCUT2D eigenvalue weighted by atomic mass is 19.4. The summed E-state index contributed by atoms with van der Waals surface area (Å²) in [7, 11) is 0. The summed E-state index contributed by atoms with van der Waals surface area (Å²) >= 11 is 0. The predicted molar refractivity (Wildman–Crippen MR) is 64.4 cm³/mol. The molecule has 10 heteroatoms. The van der Waals surface area contributed by atoms with Gasteiger partial charge in [0.15, 0.2) is 6.86 Å². The first kappa shape index (κ1) is 17.4. The Morgan fingerprint density at radius 1 is 1.23 bits per heavy atom. The largest absolute Gasteiger partial charge is 0.525 e. The molecule has 2 aliphatic heterocycles. The molecule has 2 unspecified atom stereocenters. The van der Waals surface area contributed by atoms with E-state index in [0.29, 0.717) is 13.1 Å². The molecule has 2 rings (SSSR count). The average Bonchev–Trinajstić information content (AvgIpc) is 2.48. The number of rotatable bonds is 4. The number of hydrazine groups is 1. The van der Waals surface area contributed by atoms with Crippen molar-refractivity contribution in [3.05, 3.63) is 0 Å². The Bertz CT molecular complexity index is 409. The van der Waals surface area contributed by atoms with Gasteiger partial charge in [0.05, 0.1) is 6.61 Å². The summed E-state index contributed by atoms with van der Waals surface area (Å²) in [5, 5.41) is 12.2. The van der Waals surface area contributed by atoms with Gasteiger partial charge in [-0.3, -0.25) is 0 Å². The van der Waals surface area contributed by atoms with E-state index in [1.165, 1.54) is 6.07 Å². The number of morpholine rings is 1. The molecule has 22 heavy (non-hydrogen) atoms. The molecule has 0 N–H and O–H groups in total. The van der Waals surface area contributed by atoms with Crippen molar-refractivity contribution in [3.8, 4) is 6.07 Å². The number of ether oxygens (including phenoxy) is 3. The van der Waals surface area contributed by atoms with E-state index < -0.39 is 25.2 Å². The van der Waals surface area contributed by atoms with Gasteiger partial charge in [-0.1, -0.05) is 6.42 Å². The molecule has 2 aliphatic rings. The van der Waals surface area contributed by atoms with Crippen LogP contribution in [0.1, 0.15) is 19.3 Å². The molecule has 6 nitrogen and oxygen atoms in total. The van der Waals surface area contributed by atoms with Crippen LogP contribution in [0.3, 0.4) is 0 Å². The monoisotopic (exact) mass is 327 g/mol. The average molecular weight is 327 g/mol. The SMILES string of the molecule is N#CC1(OC(F)(F)F)C(OCF)OCCN1N1CCCCC1. The minimum atomic E-state index is -5.09. The highest BCUT2D eigenvalue weighted by Gasteiger charge is 2.58. The Hall–Kier alpha value is -0.990. The second-order valence-electron chi connectivity index (χ2n) is 4.97. The third-order valence-corrected chi connectivity index (χ3v) is 3.60. The number of hydrogen-bond donors (Lipinski definition) is 0. The maximum Gasteiger partial charge on any atom is 0.525 e. The lowest BCUT2D eigenvalue weighted by Crippen LogP contribution is -2.70. The van der Waals surface area contributed by atoms with Crippen molar-refractivity contribution in [2.24, 2.45) is 0 Å². The van der Waals surface area contributed by atoms with Crippen LogP contribution in [0.4, 0.5) is 17.6 Å². The van der Waals surface area contributed by atoms with E-state index in [2.05, 4.69) is 9.47 Å². The number of piperidine rings is 1. The zero-order chi connectivity index (χ0) is 16.2. The Kier molecular flexibility index (Phi) is 5.57. The molecule has 2 fully saturated rings. The van der Waals surface area contributed by atoms with Crippen LogP contribution in [0.5, 0.6) is 0 Å². The molecule has 2 atom stereocenters. The molecular formula is C12H17F4N3O3. The summed E-state index contributed by atoms with van der Waals surface area (Å²) in [6.07, 6.45) is -4.34. The Morgan fingerprint density at radius 2 is 1.91 bits per heavy atom. The van der Waals surface area contributed by atoms with Crippen molar-refractivity contribution < 1.29 is 31.8 Å². The zero-order valence-electron chi connectivity index (χ0n) is 11.8. The van der Waals surface area contributed by atoms with Crippen molar-refractivity contribution >= 4 is 0 Å². The topological polar surface area (TPSA) is 58.0 Å². The number of nitriles is 1. The lowest BCUT2D eigenvalue weighted by Gasteiger charge is -2.50. The van der Waals surface area contributed by atoms with Gasteiger partial charge in [-0.25, -0.2) is 14.1 Å². The quantitative estimate of drug-likeness (QED) is 0.733. The number of alkyl halides is 4. The first-order valence-electron chi connectivity index (χ1n) is 6.93. The van der Waals surface area contributed by atoms with Gasteiger partial charge in [0, 0.05) is 19.6 Å². The fourth-order valence-corrected chi connectivity index (χ4v) is 2.75. The van der Waals surface area contributed by atoms with Gasteiger partial charge in [0.2, 0.25) is 6.29 Å². The van der Waals surface area contributed by atoms with E-state index in [1.807, 2.05) is 0 Å². The van der Waals surface area contributed by atoms with Gasteiger partial charge in [-0.2, -0.15) is 10.3 Å². The third kappa shape index (κ3) is 3.67. The number of halogens is 4. The molecule has 0 aromatic carbocycles. The van der Waals surface area contributed by atoms with E-state index in [-0.39, 0.29) is 13.2 Å². The van der Waals surface area contributed by atoms with Gasteiger partial charge in [0.1, 0.15) is 6.07 Å². The summed E-state index contributed by atoms with van der Waals surface area (Å²) < 4.78 is 64.5. The molecule has 0 aromatic rings. The van der Waals surface area contributed by atoms with Crippen LogP contribution in [0, 0.1) is 11.3 Å². The van der Waals surface area contributed by atoms with Gasteiger partial charge in [0.25, 0.3) is 5.72 Å². The van der Waals surface area contributed by atoms with Crippen molar-refractivity contribution in [1.82, 2.24) is 10.0 Å². The van der Waals surface area contributed by atoms with Crippen LogP contribution in [0.25, 0.3) is 0 Å². The second-order valence-corrected chi connectivity index (χ2v) is 4.97. The second kappa shape index (κ2) is 7.06. The van der Waals surface area contributed by atoms with Crippen LogP contribution in [0.2, 0.25) is 0 Å². The molecule has 0 amide bonds. The van der Waals surface area contributed by atoms with Crippen molar-refractivity contribution in [3.63, 3.8) is 0 Å². The highest BCUT2D eigenvalue weighted by Crippen LogP contribution is 2.36. The summed E-state index contributed by atoms with van der Waals surface area (Å²) in [4.78, 5) is 0. The molecule has 2 saturated heterocycles. The Morgan fingerprint density at radius 3 is 2.45 bits per heavy atom. The minimum Gasteiger partial charge on any atom is -0.346 e. The Labute approximate surface area is 125 Å². The fourth-order valence-electron chi connectivity index (χ4n) is 2.75. The molecule has 0 saturated carbocycles. The van der Waals surface area contributed by atoms with Crippen LogP contribution >= 0.6 is 0 Å². The van der Waals surface area contributed by atoms with Crippen LogP contribution in [-0.2, 0) is 14.2 Å². The first-order valence-corrected chi connectivity index (χ1v) is 6.93. The van der Waals surface area contributed by atoms with Gasteiger partial charge < -0.3 is 9.47 Å². The maximum atomic E-state index is 12.8. The van der Waals surface area contributed by atoms with Crippen LogP contribution < -0.4 is 0 Å². The molecular weight excluding hydrogens is 310 g/mol. The summed E-state index contributed by atoms with van der Waals surface area (Å²) in [5.74, 6) is 0. The van der Waals surface area contributed by atoms with E-state index in [0.717, 1.165) is 24.3 Å². The van der Waals surface area contributed by atoms with Gasteiger partial charge >= 0.3 is 6.36 Å². The van der Waals surface area contributed by atoms with Crippen molar-refractivity contribution in [2.75, 3.05) is 33.1 Å². The highest BCUT2D eigenvalue weighted by molar-refractivity contribution is 5.06. The Balaban J connectivity index is 2.32. The zero-order valence-corrected chi connectivity index (χ0v) is 11.8. The standard InChI is InChI=1S/C12H17F4N3O3/c13-9-21-10-11(8-17,22-12(14,15)16)19(6-7-20-10)18-4-2-1-3-5-18/h10H,1-7,9H2. The van der Waals surface area contributed by atoms with Gasteiger partial charge in [-0.05, 0) is 12.8 Å². The maximum absolute atomic E-state index is 12.8. The summed E-state index contributed by atoms with van der Waals surface area (Å²) in [6, 6.07) is 1.48. The smallest absolute Gasteiger partial charge is 0.346 e. The molecule has 0 spiro atoms. The lowest BCUT2D eigenvalue weighted by atomic mass is 10.1. The van der Waals surface area contributed by atoms with Crippen molar-refractivity contribution in [2.45, 2.75) is 37.6 Å². The molecule has 2 heterocycles. The van der Waals surface area contributed by atoms with Gasteiger partial charge in [-0.15, -0.1) is 13.2 Å². The van der Waals surface area contributed by atoms with Crippen LogP contribution in [0.15, 0.2) is 0 Å².